The number of halogens is 1. The third-order valence-electron chi connectivity index (χ3n) is 3.65. The Balaban J connectivity index is 1.73. The van der Waals surface area contributed by atoms with Crippen LogP contribution in [0.5, 0.6) is 0 Å². The molecule has 0 heterocycles. The molecule has 2 aromatic carbocycles. The van der Waals surface area contributed by atoms with Crippen LogP contribution in [0.15, 0.2) is 48.5 Å². The van der Waals surface area contributed by atoms with Crippen molar-refractivity contribution in [1.29, 1.82) is 0 Å². The highest BCUT2D eigenvalue weighted by atomic mass is 35.5. The van der Waals surface area contributed by atoms with Gasteiger partial charge in [-0.25, -0.2) is 4.79 Å². The number of hydrogen-bond donors (Lipinski definition) is 2. The van der Waals surface area contributed by atoms with Crippen LogP contribution < -0.4 is 10.6 Å². The van der Waals surface area contributed by atoms with E-state index in [2.05, 4.69) is 10.6 Å². The molecule has 0 bridgehead atoms. The van der Waals surface area contributed by atoms with Gasteiger partial charge in [0.05, 0.1) is 12.2 Å². The van der Waals surface area contributed by atoms with Gasteiger partial charge in [0.2, 0.25) is 11.8 Å². The molecule has 0 saturated heterocycles. The smallest absolute Gasteiger partial charge is 0.338 e. The van der Waals surface area contributed by atoms with Gasteiger partial charge in [-0.05, 0) is 55.3 Å². The summed E-state index contributed by atoms with van der Waals surface area (Å²) < 4.78 is 4.89. The summed E-state index contributed by atoms with van der Waals surface area (Å²) in [5, 5.41) is 5.99. The Hall–Kier alpha value is -2.86. The van der Waals surface area contributed by atoms with Crippen molar-refractivity contribution in [3.05, 3.63) is 64.7 Å². The lowest BCUT2D eigenvalue weighted by molar-refractivity contribution is -0.126. The molecule has 0 aliphatic rings. The van der Waals surface area contributed by atoms with Crippen LogP contribution in [0.4, 0.5) is 5.69 Å². The Kier molecular flexibility index (Phi) is 7.82. The SMILES string of the molecule is CCOC(=O)c1ccc(NC(=O)CC(=O)NCCc2ccc(Cl)cc2)cc1. The summed E-state index contributed by atoms with van der Waals surface area (Å²) >= 11 is 5.82. The summed E-state index contributed by atoms with van der Waals surface area (Å²) in [6, 6.07) is 13.6. The summed E-state index contributed by atoms with van der Waals surface area (Å²) in [7, 11) is 0. The molecule has 0 fully saturated rings. The number of esters is 1. The minimum Gasteiger partial charge on any atom is -0.462 e. The minimum absolute atomic E-state index is 0.278. The van der Waals surface area contributed by atoms with Crippen molar-refractivity contribution in [2.24, 2.45) is 0 Å². The van der Waals surface area contributed by atoms with Crippen molar-refractivity contribution in [1.82, 2.24) is 5.32 Å². The third-order valence-corrected chi connectivity index (χ3v) is 3.90. The summed E-state index contributed by atoms with van der Waals surface area (Å²) in [5.41, 5.74) is 1.95. The number of rotatable bonds is 8. The average molecular weight is 389 g/mol. The van der Waals surface area contributed by atoms with Crippen LogP contribution in [0.3, 0.4) is 0 Å². The van der Waals surface area contributed by atoms with E-state index in [1.165, 1.54) is 0 Å². The topological polar surface area (TPSA) is 84.5 Å². The summed E-state index contributed by atoms with van der Waals surface area (Å²) in [6.45, 7) is 2.46. The Morgan fingerprint density at radius 3 is 2.26 bits per heavy atom. The molecule has 0 aromatic heterocycles. The van der Waals surface area contributed by atoms with E-state index in [1.54, 1.807) is 43.3 Å². The minimum atomic E-state index is -0.428. The highest BCUT2D eigenvalue weighted by molar-refractivity contribution is 6.30. The zero-order valence-electron chi connectivity index (χ0n) is 15.0. The van der Waals surface area contributed by atoms with E-state index in [4.69, 9.17) is 16.3 Å². The summed E-state index contributed by atoms with van der Waals surface area (Å²) in [6.07, 6.45) is 0.375. The molecule has 0 aliphatic carbocycles. The predicted molar refractivity (Wildman–Crippen MR) is 104 cm³/mol. The van der Waals surface area contributed by atoms with E-state index >= 15 is 0 Å². The second-order valence-electron chi connectivity index (χ2n) is 5.75. The highest BCUT2D eigenvalue weighted by Gasteiger charge is 2.10. The molecule has 0 aliphatic heterocycles. The van der Waals surface area contributed by atoms with Gasteiger partial charge in [-0.3, -0.25) is 9.59 Å². The zero-order chi connectivity index (χ0) is 19.6. The van der Waals surface area contributed by atoms with E-state index < -0.39 is 11.9 Å². The van der Waals surface area contributed by atoms with Gasteiger partial charge < -0.3 is 15.4 Å². The van der Waals surface area contributed by atoms with E-state index in [-0.39, 0.29) is 12.3 Å². The Morgan fingerprint density at radius 1 is 0.963 bits per heavy atom. The first kappa shape index (κ1) is 20.5. The van der Waals surface area contributed by atoms with Crippen LogP contribution in [-0.4, -0.2) is 30.9 Å². The lowest BCUT2D eigenvalue weighted by Crippen LogP contribution is -2.29. The second kappa shape index (κ2) is 10.3. The third kappa shape index (κ3) is 7.11. The second-order valence-corrected chi connectivity index (χ2v) is 6.19. The standard InChI is InChI=1S/C20H21ClN2O4/c1-2-27-20(26)15-5-9-17(10-6-15)23-19(25)13-18(24)22-12-11-14-3-7-16(21)8-4-14/h3-10H,2,11-13H2,1H3,(H,22,24)(H,23,25). The summed E-state index contributed by atoms with van der Waals surface area (Å²) in [5.74, 6) is -1.21. The van der Waals surface area contributed by atoms with Crippen molar-refractivity contribution in [3.63, 3.8) is 0 Å². The number of carbonyl (C=O) groups is 3. The zero-order valence-corrected chi connectivity index (χ0v) is 15.7. The summed E-state index contributed by atoms with van der Waals surface area (Å²) in [4.78, 5) is 35.4. The van der Waals surface area contributed by atoms with Gasteiger partial charge in [0.25, 0.3) is 0 Å². The van der Waals surface area contributed by atoms with Crippen LogP contribution in [0.1, 0.15) is 29.3 Å². The predicted octanol–water partition coefficient (Wildman–Crippen LogP) is 3.20. The van der Waals surface area contributed by atoms with Crippen LogP contribution in [0.25, 0.3) is 0 Å². The van der Waals surface area contributed by atoms with Gasteiger partial charge in [-0.1, -0.05) is 23.7 Å². The molecule has 2 amide bonds. The molecule has 0 spiro atoms. The first-order chi connectivity index (χ1) is 13.0. The largest absolute Gasteiger partial charge is 0.462 e. The average Bonchev–Trinajstić information content (AvgIpc) is 2.64. The van der Waals surface area contributed by atoms with Gasteiger partial charge in [-0.2, -0.15) is 0 Å². The van der Waals surface area contributed by atoms with Gasteiger partial charge in [-0.15, -0.1) is 0 Å². The number of nitrogens with one attached hydrogen (secondary N) is 2. The molecule has 2 rings (SSSR count). The maximum atomic E-state index is 11.9. The number of amides is 2. The van der Waals surface area contributed by atoms with Crippen LogP contribution in [-0.2, 0) is 20.7 Å². The van der Waals surface area contributed by atoms with E-state index in [0.29, 0.717) is 35.8 Å². The number of hydrogen-bond acceptors (Lipinski definition) is 4. The molecule has 0 atom stereocenters. The van der Waals surface area contributed by atoms with Crippen molar-refractivity contribution >= 4 is 35.1 Å². The van der Waals surface area contributed by atoms with Gasteiger partial charge in [0, 0.05) is 17.3 Å². The van der Waals surface area contributed by atoms with Crippen molar-refractivity contribution in [2.75, 3.05) is 18.5 Å². The fourth-order valence-electron chi connectivity index (χ4n) is 2.31. The molecular weight excluding hydrogens is 368 g/mol. The van der Waals surface area contributed by atoms with E-state index in [1.807, 2.05) is 12.1 Å². The number of anilines is 1. The lowest BCUT2D eigenvalue weighted by Gasteiger charge is -2.08. The van der Waals surface area contributed by atoms with E-state index in [0.717, 1.165) is 5.56 Å². The molecule has 7 heteroatoms. The maximum Gasteiger partial charge on any atom is 0.338 e. The molecule has 0 unspecified atom stereocenters. The number of benzene rings is 2. The molecule has 2 aromatic rings. The molecule has 0 radical (unpaired) electrons. The quantitative estimate of drug-likeness (QED) is 0.537. The Morgan fingerprint density at radius 2 is 1.63 bits per heavy atom. The fraction of sp³-hybridized carbons (Fsp3) is 0.250. The molecule has 27 heavy (non-hydrogen) atoms. The van der Waals surface area contributed by atoms with E-state index in [9.17, 15) is 14.4 Å². The molecule has 6 nitrogen and oxygen atoms in total. The highest BCUT2D eigenvalue weighted by Crippen LogP contribution is 2.11. The Bertz CT molecular complexity index is 789. The Labute approximate surface area is 162 Å². The van der Waals surface area contributed by atoms with Gasteiger partial charge in [0.1, 0.15) is 6.42 Å². The van der Waals surface area contributed by atoms with Crippen molar-refractivity contribution < 1.29 is 19.1 Å². The van der Waals surface area contributed by atoms with Crippen LogP contribution in [0.2, 0.25) is 5.02 Å². The molecule has 0 saturated carbocycles. The van der Waals surface area contributed by atoms with Gasteiger partial charge in [0.15, 0.2) is 0 Å². The normalized spacial score (nSPS) is 10.1. The first-order valence-electron chi connectivity index (χ1n) is 8.56. The molecule has 2 N–H and O–H groups in total. The fourth-order valence-corrected chi connectivity index (χ4v) is 2.44. The number of carbonyl (C=O) groups excluding carboxylic acids is 3. The maximum absolute atomic E-state index is 11.9. The molecular formula is C20H21ClN2O4. The number of ether oxygens (including phenoxy) is 1. The van der Waals surface area contributed by atoms with Crippen LogP contribution in [0, 0.1) is 0 Å². The lowest BCUT2D eigenvalue weighted by atomic mass is 10.1. The van der Waals surface area contributed by atoms with Crippen LogP contribution >= 0.6 is 11.6 Å². The van der Waals surface area contributed by atoms with Gasteiger partial charge >= 0.3 is 5.97 Å². The monoisotopic (exact) mass is 388 g/mol. The first-order valence-corrected chi connectivity index (χ1v) is 8.94. The molecule has 142 valence electrons. The van der Waals surface area contributed by atoms with Crippen molar-refractivity contribution in [2.45, 2.75) is 19.8 Å². The van der Waals surface area contributed by atoms with Crippen molar-refractivity contribution in [3.8, 4) is 0 Å².